The van der Waals surface area contributed by atoms with Crippen molar-refractivity contribution in [1.82, 2.24) is 15.1 Å². The predicted molar refractivity (Wildman–Crippen MR) is 120 cm³/mol. The second-order valence-corrected chi connectivity index (χ2v) is 7.88. The number of hydrogen-bond donors (Lipinski definition) is 0. The molecule has 160 valence electrons. The fraction of sp³-hybridized carbons (Fsp3) is 0.320. The van der Waals surface area contributed by atoms with Gasteiger partial charge in [0.2, 0.25) is 5.91 Å². The van der Waals surface area contributed by atoms with E-state index in [1.165, 1.54) is 12.1 Å². The first kappa shape index (κ1) is 21.0. The number of piperidine rings is 1. The quantitative estimate of drug-likeness (QED) is 0.589. The summed E-state index contributed by atoms with van der Waals surface area (Å²) in [5.41, 5.74) is 2.71. The number of carbonyl (C=O) groups is 1. The molecule has 5 nitrogen and oxygen atoms in total. The standard InChI is InChI=1S/C25H27FN4O/c1-2-29(18-19-6-4-3-5-7-19)25(31)21-14-16-30(17-15-21)24-13-12-23(27-28-24)20-8-10-22(26)11-9-20/h3-13,21H,2,14-18H2,1H3. The molecule has 6 heteroatoms. The van der Waals surface area contributed by atoms with E-state index in [9.17, 15) is 9.18 Å². The average Bonchev–Trinajstić information content (AvgIpc) is 2.83. The zero-order valence-electron chi connectivity index (χ0n) is 17.7. The number of hydrogen-bond acceptors (Lipinski definition) is 4. The van der Waals surface area contributed by atoms with E-state index in [4.69, 9.17) is 0 Å². The maximum atomic E-state index is 13.1. The van der Waals surface area contributed by atoms with Crippen molar-refractivity contribution in [3.63, 3.8) is 0 Å². The smallest absolute Gasteiger partial charge is 0.226 e. The van der Waals surface area contributed by atoms with Crippen LogP contribution in [0, 0.1) is 11.7 Å². The number of amides is 1. The summed E-state index contributed by atoms with van der Waals surface area (Å²) in [6, 6.07) is 20.2. The van der Waals surface area contributed by atoms with Crippen molar-refractivity contribution in [2.75, 3.05) is 24.5 Å². The lowest BCUT2D eigenvalue weighted by atomic mass is 9.95. The minimum atomic E-state index is -0.267. The van der Waals surface area contributed by atoms with Crippen LogP contribution in [0.1, 0.15) is 25.3 Å². The molecule has 0 N–H and O–H groups in total. The van der Waals surface area contributed by atoms with Gasteiger partial charge in [-0.3, -0.25) is 4.79 Å². The van der Waals surface area contributed by atoms with Gasteiger partial charge in [-0.1, -0.05) is 30.3 Å². The third-order valence-electron chi connectivity index (χ3n) is 5.87. The second kappa shape index (κ2) is 9.69. The van der Waals surface area contributed by atoms with Crippen LogP contribution in [-0.4, -0.2) is 40.6 Å². The van der Waals surface area contributed by atoms with E-state index in [-0.39, 0.29) is 17.6 Å². The van der Waals surface area contributed by atoms with Crippen molar-refractivity contribution in [2.45, 2.75) is 26.3 Å². The van der Waals surface area contributed by atoms with Crippen molar-refractivity contribution >= 4 is 11.7 Å². The van der Waals surface area contributed by atoms with Gasteiger partial charge in [0.1, 0.15) is 5.82 Å². The highest BCUT2D eigenvalue weighted by molar-refractivity contribution is 5.79. The molecule has 4 rings (SSSR count). The molecule has 31 heavy (non-hydrogen) atoms. The summed E-state index contributed by atoms with van der Waals surface area (Å²) >= 11 is 0. The molecule has 1 aliphatic heterocycles. The van der Waals surface area contributed by atoms with E-state index in [2.05, 4.69) is 27.2 Å². The largest absolute Gasteiger partial charge is 0.355 e. The molecule has 1 aromatic heterocycles. The lowest BCUT2D eigenvalue weighted by molar-refractivity contribution is -0.136. The highest BCUT2D eigenvalue weighted by atomic mass is 19.1. The molecule has 0 radical (unpaired) electrons. The van der Waals surface area contributed by atoms with Crippen molar-refractivity contribution in [3.8, 4) is 11.3 Å². The normalized spacial score (nSPS) is 14.5. The molecule has 2 heterocycles. The highest BCUT2D eigenvalue weighted by Crippen LogP contribution is 2.25. The molecule has 0 spiro atoms. The summed E-state index contributed by atoms with van der Waals surface area (Å²) < 4.78 is 13.1. The summed E-state index contributed by atoms with van der Waals surface area (Å²) in [4.78, 5) is 17.2. The molecule has 1 aliphatic rings. The number of halogens is 1. The zero-order valence-corrected chi connectivity index (χ0v) is 17.7. The van der Waals surface area contributed by atoms with Gasteiger partial charge in [0, 0.05) is 37.7 Å². The van der Waals surface area contributed by atoms with Gasteiger partial charge in [0.15, 0.2) is 5.82 Å². The summed E-state index contributed by atoms with van der Waals surface area (Å²) in [7, 11) is 0. The molecule has 1 fully saturated rings. The van der Waals surface area contributed by atoms with E-state index >= 15 is 0 Å². The van der Waals surface area contributed by atoms with Crippen LogP contribution >= 0.6 is 0 Å². The van der Waals surface area contributed by atoms with Gasteiger partial charge >= 0.3 is 0 Å². The summed E-state index contributed by atoms with van der Waals surface area (Å²) in [5, 5.41) is 8.67. The maximum Gasteiger partial charge on any atom is 0.226 e. The number of aromatic nitrogens is 2. The van der Waals surface area contributed by atoms with Crippen LogP contribution in [0.15, 0.2) is 66.7 Å². The number of anilines is 1. The molecule has 1 amide bonds. The van der Waals surface area contributed by atoms with E-state index in [0.29, 0.717) is 18.8 Å². The minimum Gasteiger partial charge on any atom is -0.355 e. The van der Waals surface area contributed by atoms with Crippen molar-refractivity contribution in [3.05, 3.63) is 78.1 Å². The minimum absolute atomic E-state index is 0.0476. The van der Waals surface area contributed by atoms with Gasteiger partial charge in [-0.2, -0.15) is 0 Å². The fourth-order valence-electron chi connectivity index (χ4n) is 4.03. The van der Waals surface area contributed by atoms with Crippen LogP contribution in [-0.2, 0) is 11.3 Å². The van der Waals surface area contributed by atoms with Crippen molar-refractivity contribution in [1.29, 1.82) is 0 Å². The molecular weight excluding hydrogens is 391 g/mol. The summed E-state index contributed by atoms with van der Waals surface area (Å²) in [6.45, 7) is 4.97. The maximum absolute atomic E-state index is 13.1. The van der Waals surface area contributed by atoms with Gasteiger partial charge in [-0.05, 0) is 61.7 Å². The van der Waals surface area contributed by atoms with Gasteiger partial charge in [0.25, 0.3) is 0 Å². The second-order valence-electron chi connectivity index (χ2n) is 7.88. The summed E-state index contributed by atoms with van der Waals surface area (Å²) in [6.07, 6.45) is 1.62. The monoisotopic (exact) mass is 418 g/mol. The molecule has 0 saturated carbocycles. The number of benzene rings is 2. The van der Waals surface area contributed by atoms with E-state index in [1.54, 1.807) is 12.1 Å². The van der Waals surface area contributed by atoms with Crippen molar-refractivity contribution < 1.29 is 9.18 Å². The topological polar surface area (TPSA) is 49.3 Å². The zero-order chi connectivity index (χ0) is 21.6. The highest BCUT2D eigenvalue weighted by Gasteiger charge is 2.28. The molecule has 2 aromatic carbocycles. The van der Waals surface area contributed by atoms with E-state index < -0.39 is 0 Å². The Bertz CT molecular complexity index is 984. The third-order valence-corrected chi connectivity index (χ3v) is 5.87. The van der Waals surface area contributed by atoms with Crippen LogP contribution in [0.5, 0.6) is 0 Å². The lowest BCUT2D eigenvalue weighted by Crippen LogP contribution is -2.42. The molecule has 0 aliphatic carbocycles. The Morgan fingerprint density at radius 1 is 1.00 bits per heavy atom. The Morgan fingerprint density at radius 3 is 2.32 bits per heavy atom. The molecule has 0 unspecified atom stereocenters. The number of nitrogens with zero attached hydrogens (tertiary/aromatic N) is 4. The van der Waals surface area contributed by atoms with Crippen molar-refractivity contribution in [2.24, 2.45) is 5.92 Å². The summed E-state index contributed by atoms with van der Waals surface area (Å²) in [5.74, 6) is 0.833. The predicted octanol–water partition coefficient (Wildman–Crippen LogP) is 4.55. The van der Waals surface area contributed by atoms with Crippen LogP contribution < -0.4 is 4.90 Å². The lowest BCUT2D eigenvalue weighted by Gasteiger charge is -2.34. The first-order valence-corrected chi connectivity index (χ1v) is 10.8. The van der Waals surface area contributed by atoms with Crippen LogP contribution in [0.4, 0.5) is 10.2 Å². The first-order valence-electron chi connectivity index (χ1n) is 10.8. The number of rotatable bonds is 6. The Hall–Kier alpha value is -3.28. The van der Waals surface area contributed by atoms with E-state index in [1.807, 2.05) is 42.2 Å². The van der Waals surface area contributed by atoms with E-state index in [0.717, 1.165) is 42.9 Å². The Morgan fingerprint density at radius 2 is 1.71 bits per heavy atom. The molecule has 1 saturated heterocycles. The Labute approximate surface area is 182 Å². The SMILES string of the molecule is CCN(Cc1ccccc1)C(=O)C1CCN(c2ccc(-c3ccc(F)cc3)nn2)CC1. The first-order chi connectivity index (χ1) is 15.1. The van der Waals surface area contributed by atoms with Crippen LogP contribution in [0.3, 0.4) is 0 Å². The van der Waals surface area contributed by atoms with Gasteiger partial charge in [-0.25, -0.2) is 4.39 Å². The molecule has 0 bridgehead atoms. The number of carbonyl (C=O) groups excluding carboxylic acids is 1. The molecule has 0 atom stereocenters. The Kier molecular flexibility index (Phi) is 6.55. The van der Waals surface area contributed by atoms with Gasteiger partial charge < -0.3 is 9.80 Å². The van der Waals surface area contributed by atoms with Crippen LogP contribution in [0.25, 0.3) is 11.3 Å². The van der Waals surface area contributed by atoms with Gasteiger partial charge in [0.05, 0.1) is 5.69 Å². The fourth-order valence-corrected chi connectivity index (χ4v) is 4.03. The molecular formula is C25H27FN4O. The van der Waals surface area contributed by atoms with Gasteiger partial charge in [-0.15, -0.1) is 10.2 Å². The molecule has 3 aromatic rings. The Balaban J connectivity index is 1.34. The third kappa shape index (κ3) is 5.08. The van der Waals surface area contributed by atoms with Crippen LogP contribution in [0.2, 0.25) is 0 Å². The average molecular weight is 419 g/mol.